The zero-order chi connectivity index (χ0) is 37.5. The smallest absolute Gasteiger partial charge is 0.0588 e. The number of aromatic nitrogens is 2. The van der Waals surface area contributed by atoms with Gasteiger partial charge in [0.1, 0.15) is 0 Å². The summed E-state index contributed by atoms with van der Waals surface area (Å²) in [5.41, 5.74) is 20.4. The zero-order valence-corrected chi connectivity index (χ0v) is 32.1. The molecule has 2 heteroatoms. The fraction of sp³-hybridized carbons (Fsp3) is 0.111. The minimum Gasteiger partial charge on any atom is -0.309 e. The zero-order valence-electron chi connectivity index (χ0n) is 32.1. The topological polar surface area (TPSA) is 9.86 Å². The van der Waals surface area contributed by atoms with Gasteiger partial charge in [-0.15, -0.1) is 0 Å². The Hall–Kier alpha value is -6.64. The molecule has 0 saturated carbocycles. The monoisotopic (exact) mass is 716 g/mol. The first kappa shape index (κ1) is 31.7. The summed E-state index contributed by atoms with van der Waals surface area (Å²) in [7, 11) is 0. The maximum Gasteiger partial charge on any atom is 0.0588 e. The predicted octanol–water partition coefficient (Wildman–Crippen LogP) is 14.2. The van der Waals surface area contributed by atoms with Crippen molar-refractivity contribution in [2.75, 3.05) is 0 Å². The van der Waals surface area contributed by atoms with E-state index in [1.165, 1.54) is 111 Å². The van der Waals surface area contributed by atoms with Gasteiger partial charge in [-0.1, -0.05) is 155 Å². The highest BCUT2D eigenvalue weighted by atomic mass is 15.0. The molecule has 0 N–H and O–H groups in total. The molecule has 2 heterocycles. The molecule has 10 aromatic rings. The molecule has 0 saturated heterocycles. The number of para-hydroxylation sites is 3. The van der Waals surface area contributed by atoms with Crippen molar-refractivity contribution in [2.45, 2.75) is 38.5 Å². The lowest BCUT2D eigenvalue weighted by Crippen LogP contribution is -2.16. The average Bonchev–Trinajstić information content (AvgIpc) is 3.89. The van der Waals surface area contributed by atoms with Gasteiger partial charge in [-0.25, -0.2) is 0 Å². The maximum atomic E-state index is 2.56. The normalized spacial score (nSPS) is 14.7. The second kappa shape index (κ2) is 11.0. The van der Waals surface area contributed by atoms with E-state index in [1.807, 2.05) is 0 Å². The molecule has 12 rings (SSSR count). The summed E-state index contributed by atoms with van der Waals surface area (Å²) < 4.78 is 5.07. The van der Waals surface area contributed by atoms with Crippen LogP contribution in [-0.4, -0.2) is 9.13 Å². The summed E-state index contributed by atoms with van der Waals surface area (Å²) in [6, 6.07) is 63.7. The fourth-order valence-corrected chi connectivity index (χ4v) is 10.7. The van der Waals surface area contributed by atoms with Crippen LogP contribution in [0.1, 0.15) is 49.9 Å². The SMILES string of the molecule is CC1(C)c2ccccc2-c2cc(-c3cc4c5ccc6c(c5n(-c5ccccc5)c4cc3-n3c4ccccc4c4ccccc43)C(C)(C)c3ccccc3-6)ccc21. The minimum atomic E-state index is -0.176. The molecule has 2 aliphatic carbocycles. The van der Waals surface area contributed by atoms with Crippen molar-refractivity contribution in [1.82, 2.24) is 9.13 Å². The third-order valence-corrected chi connectivity index (χ3v) is 13.3. The van der Waals surface area contributed by atoms with E-state index >= 15 is 0 Å². The van der Waals surface area contributed by atoms with Crippen molar-refractivity contribution in [2.24, 2.45) is 0 Å². The molecule has 0 spiro atoms. The van der Waals surface area contributed by atoms with Gasteiger partial charge < -0.3 is 9.13 Å². The van der Waals surface area contributed by atoms with E-state index in [-0.39, 0.29) is 10.8 Å². The molecular formula is C54H40N2. The van der Waals surface area contributed by atoms with Gasteiger partial charge in [0.2, 0.25) is 0 Å². The van der Waals surface area contributed by atoms with Gasteiger partial charge in [-0.2, -0.15) is 0 Å². The van der Waals surface area contributed by atoms with E-state index in [1.54, 1.807) is 0 Å². The van der Waals surface area contributed by atoms with Crippen molar-refractivity contribution in [3.63, 3.8) is 0 Å². The van der Waals surface area contributed by atoms with Crippen LogP contribution in [0.2, 0.25) is 0 Å². The molecule has 8 aromatic carbocycles. The van der Waals surface area contributed by atoms with E-state index < -0.39 is 0 Å². The molecule has 0 aliphatic heterocycles. The number of rotatable bonds is 3. The van der Waals surface area contributed by atoms with Gasteiger partial charge in [0, 0.05) is 43.6 Å². The van der Waals surface area contributed by atoms with Crippen LogP contribution >= 0.6 is 0 Å². The highest BCUT2D eigenvalue weighted by Gasteiger charge is 2.39. The van der Waals surface area contributed by atoms with Crippen LogP contribution in [0.15, 0.2) is 170 Å². The van der Waals surface area contributed by atoms with Gasteiger partial charge >= 0.3 is 0 Å². The molecule has 56 heavy (non-hydrogen) atoms. The molecule has 0 unspecified atom stereocenters. The lowest BCUT2D eigenvalue weighted by atomic mass is 9.81. The van der Waals surface area contributed by atoms with Gasteiger partial charge in [-0.3, -0.25) is 0 Å². The van der Waals surface area contributed by atoms with Crippen molar-refractivity contribution in [1.29, 1.82) is 0 Å². The quantitative estimate of drug-likeness (QED) is 0.172. The molecular weight excluding hydrogens is 677 g/mol. The van der Waals surface area contributed by atoms with E-state index in [4.69, 9.17) is 0 Å². The number of hydrogen-bond donors (Lipinski definition) is 0. The number of benzene rings is 8. The molecule has 0 atom stereocenters. The summed E-state index contributed by atoms with van der Waals surface area (Å²) in [4.78, 5) is 0. The van der Waals surface area contributed by atoms with E-state index in [2.05, 4.69) is 207 Å². The molecule has 2 nitrogen and oxygen atoms in total. The lowest BCUT2D eigenvalue weighted by molar-refractivity contribution is 0.660. The lowest BCUT2D eigenvalue weighted by Gasteiger charge is -2.23. The summed E-state index contributed by atoms with van der Waals surface area (Å²) in [5.74, 6) is 0. The van der Waals surface area contributed by atoms with Crippen LogP contribution in [0.25, 0.3) is 88.4 Å². The second-order valence-corrected chi connectivity index (χ2v) is 16.9. The van der Waals surface area contributed by atoms with Crippen LogP contribution in [-0.2, 0) is 10.8 Å². The Labute approximate surface area is 326 Å². The number of hydrogen-bond acceptors (Lipinski definition) is 0. The Morgan fingerprint density at radius 3 is 1.66 bits per heavy atom. The largest absolute Gasteiger partial charge is 0.309 e. The highest BCUT2D eigenvalue weighted by molar-refractivity contribution is 6.16. The van der Waals surface area contributed by atoms with Crippen LogP contribution < -0.4 is 0 Å². The van der Waals surface area contributed by atoms with Crippen molar-refractivity contribution < 1.29 is 0 Å². The summed E-state index contributed by atoms with van der Waals surface area (Å²) in [6.45, 7) is 9.54. The van der Waals surface area contributed by atoms with Gasteiger partial charge in [-0.05, 0) is 92.5 Å². The maximum absolute atomic E-state index is 2.56. The standard InChI is InChI=1S/C54H40N2/c1-53(2)44-22-12-9-19-36(44)42-30-33(26-29-46(42)53)41-31-43-40-28-27-39-35-18-8-13-23-45(35)54(3,4)51(39)52(40)55(34-16-6-5-7-17-34)50(43)32-49(41)56-47-24-14-10-20-37(47)38-21-11-15-25-48(38)56/h5-32H,1-4H3. The van der Waals surface area contributed by atoms with E-state index in [0.717, 1.165) is 0 Å². The predicted molar refractivity (Wildman–Crippen MR) is 236 cm³/mol. The van der Waals surface area contributed by atoms with Crippen molar-refractivity contribution in [3.8, 4) is 44.8 Å². The van der Waals surface area contributed by atoms with Crippen LogP contribution in [0, 0.1) is 0 Å². The fourth-order valence-electron chi connectivity index (χ4n) is 10.7. The van der Waals surface area contributed by atoms with Gasteiger partial charge in [0.25, 0.3) is 0 Å². The third kappa shape index (κ3) is 4.01. The molecule has 0 radical (unpaired) electrons. The van der Waals surface area contributed by atoms with Crippen LogP contribution in [0.3, 0.4) is 0 Å². The molecule has 0 fully saturated rings. The first-order chi connectivity index (χ1) is 27.3. The Bertz CT molecular complexity index is 3240. The van der Waals surface area contributed by atoms with Gasteiger partial charge in [0.15, 0.2) is 0 Å². The Kier molecular flexibility index (Phi) is 6.22. The summed E-state index contributed by atoms with van der Waals surface area (Å²) in [6.07, 6.45) is 0. The summed E-state index contributed by atoms with van der Waals surface area (Å²) in [5, 5.41) is 5.07. The summed E-state index contributed by atoms with van der Waals surface area (Å²) >= 11 is 0. The Morgan fingerprint density at radius 2 is 0.946 bits per heavy atom. The first-order valence-corrected chi connectivity index (χ1v) is 19.9. The minimum absolute atomic E-state index is 0.0576. The van der Waals surface area contributed by atoms with E-state index in [0.29, 0.717) is 0 Å². The molecule has 2 aliphatic rings. The molecule has 266 valence electrons. The molecule has 0 amide bonds. The molecule has 2 aromatic heterocycles. The highest BCUT2D eigenvalue weighted by Crippen LogP contribution is 2.54. The average molecular weight is 717 g/mol. The molecule has 0 bridgehead atoms. The van der Waals surface area contributed by atoms with Crippen molar-refractivity contribution in [3.05, 3.63) is 192 Å². The van der Waals surface area contributed by atoms with Crippen molar-refractivity contribution >= 4 is 43.6 Å². The third-order valence-electron chi connectivity index (χ3n) is 13.3. The second-order valence-electron chi connectivity index (χ2n) is 16.9. The number of fused-ring (bicyclic) bond motifs is 13. The van der Waals surface area contributed by atoms with Crippen LogP contribution in [0.4, 0.5) is 0 Å². The van der Waals surface area contributed by atoms with E-state index in [9.17, 15) is 0 Å². The Morgan fingerprint density at radius 1 is 0.357 bits per heavy atom. The first-order valence-electron chi connectivity index (χ1n) is 19.9. The van der Waals surface area contributed by atoms with Crippen LogP contribution in [0.5, 0.6) is 0 Å². The van der Waals surface area contributed by atoms with Gasteiger partial charge in [0.05, 0.1) is 27.8 Å². The number of nitrogens with zero attached hydrogens (tertiary/aromatic N) is 2. The Balaban J connectivity index is 1.26.